The van der Waals surface area contributed by atoms with E-state index in [0.29, 0.717) is 5.82 Å². The molecule has 2 N–H and O–H groups in total. The predicted molar refractivity (Wildman–Crippen MR) is 72.1 cm³/mol. The van der Waals surface area contributed by atoms with Crippen LogP contribution >= 0.6 is 0 Å². The molecule has 100 valence electrons. The van der Waals surface area contributed by atoms with Crippen molar-refractivity contribution in [3.63, 3.8) is 0 Å². The van der Waals surface area contributed by atoms with Crippen LogP contribution in [0.15, 0.2) is 18.3 Å². The Morgan fingerprint density at radius 3 is 2.67 bits per heavy atom. The minimum absolute atomic E-state index is 0.210. The Morgan fingerprint density at radius 2 is 2.17 bits per heavy atom. The monoisotopic (exact) mass is 251 g/mol. The number of nitrogens with zero attached hydrogens (tertiary/aromatic N) is 2. The first-order valence-corrected chi connectivity index (χ1v) is 6.33. The van der Waals surface area contributed by atoms with Crippen LogP contribution in [0.25, 0.3) is 0 Å². The molecule has 5 nitrogen and oxygen atoms in total. The number of carboxylic acids is 1. The van der Waals surface area contributed by atoms with Gasteiger partial charge in [-0.3, -0.25) is 0 Å². The van der Waals surface area contributed by atoms with E-state index < -0.39 is 5.97 Å². The number of carbonyl (C=O) groups is 1. The fraction of sp³-hybridized carbons (Fsp3) is 0.538. The molecule has 0 amide bonds. The van der Waals surface area contributed by atoms with E-state index in [1.165, 1.54) is 6.20 Å². The van der Waals surface area contributed by atoms with Gasteiger partial charge in [0.1, 0.15) is 5.82 Å². The van der Waals surface area contributed by atoms with Gasteiger partial charge < -0.3 is 15.3 Å². The van der Waals surface area contributed by atoms with Crippen LogP contribution in [0.3, 0.4) is 0 Å². The average molecular weight is 251 g/mol. The van der Waals surface area contributed by atoms with Crippen molar-refractivity contribution in [1.29, 1.82) is 0 Å². The molecule has 1 rings (SSSR count). The summed E-state index contributed by atoms with van der Waals surface area (Å²) in [5, 5.41) is 11.9. The Bertz CT molecular complexity index is 365. The molecule has 1 aromatic rings. The predicted octanol–water partition coefficient (Wildman–Crippen LogP) is 1.92. The highest BCUT2D eigenvalue weighted by Gasteiger charge is 2.03. The molecule has 0 bridgehead atoms. The second-order valence-corrected chi connectivity index (χ2v) is 4.10. The summed E-state index contributed by atoms with van der Waals surface area (Å²) in [7, 11) is 0. The molecule has 0 fully saturated rings. The number of likely N-dealkylation sites (N-methyl/N-ethyl adjacent to an activating group) is 1. The van der Waals surface area contributed by atoms with Crippen molar-refractivity contribution in [3.05, 3.63) is 23.9 Å². The first kappa shape index (κ1) is 14.4. The zero-order valence-electron chi connectivity index (χ0n) is 11.0. The highest BCUT2D eigenvalue weighted by atomic mass is 16.4. The van der Waals surface area contributed by atoms with E-state index in [1.807, 2.05) is 0 Å². The molecule has 0 atom stereocenters. The Morgan fingerprint density at radius 1 is 1.39 bits per heavy atom. The number of rotatable bonds is 8. The van der Waals surface area contributed by atoms with E-state index in [-0.39, 0.29) is 5.56 Å². The lowest BCUT2D eigenvalue weighted by atomic mass is 10.3. The molecular weight excluding hydrogens is 230 g/mol. The number of anilines is 1. The lowest BCUT2D eigenvalue weighted by Crippen LogP contribution is -2.29. The number of carboxylic acid groups (broad SMARTS) is 1. The topological polar surface area (TPSA) is 65.5 Å². The van der Waals surface area contributed by atoms with Crippen LogP contribution in [0.4, 0.5) is 5.82 Å². The van der Waals surface area contributed by atoms with Gasteiger partial charge in [-0.25, -0.2) is 9.78 Å². The van der Waals surface area contributed by atoms with Crippen LogP contribution in [0.1, 0.15) is 30.6 Å². The average Bonchev–Trinajstić information content (AvgIpc) is 2.38. The molecule has 0 saturated carbocycles. The molecule has 5 heteroatoms. The van der Waals surface area contributed by atoms with Crippen LogP contribution in [-0.2, 0) is 0 Å². The van der Waals surface area contributed by atoms with E-state index in [1.54, 1.807) is 12.1 Å². The number of hydrogen-bond acceptors (Lipinski definition) is 4. The van der Waals surface area contributed by atoms with Crippen LogP contribution in [0.2, 0.25) is 0 Å². The molecule has 0 aliphatic heterocycles. The van der Waals surface area contributed by atoms with Crippen LogP contribution in [0.5, 0.6) is 0 Å². The maximum Gasteiger partial charge on any atom is 0.337 e. The quantitative estimate of drug-likeness (QED) is 0.739. The second-order valence-electron chi connectivity index (χ2n) is 4.10. The fourth-order valence-electron chi connectivity index (χ4n) is 1.71. The molecule has 0 aromatic carbocycles. The zero-order chi connectivity index (χ0) is 13.4. The summed E-state index contributed by atoms with van der Waals surface area (Å²) < 4.78 is 0. The number of aromatic nitrogens is 1. The minimum atomic E-state index is -0.950. The Labute approximate surface area is 108 Å². The summed E-state index contributed by atoms with van der Waals surface area (Å²) in [6, 6.07) is 3.25. The molecule has 0 radical (unpaired) electrons. The lowest BCUT2D eigenvalue weighted by Gasteiger charge is -2.19. The summed E-state index contributed by atoms with van der Waals surface area (Å²) in [4.78, 5) is 17.1. The van der Waals surface area contributed by atoms with E-state index in [9.17, 15) is 4.79 Å². The van der Waals surface area contributed by atoms with Gasteiger partial charge in [0.05, 0.1) is 5.56 Å². The summed E-state index contributed by atoms with van der Waals surface area (Å²) >= 11 is 0. The highest BCUT2D eigenvalue weighted by molar-refractivity contribution is 5.87. The van der Waals surface area contributed by atoms with Gasteiger partial charge in [-0.2, -0.15) is 0 Å². The van der Waals surface area contributed by atoms with Crippen molar-refractivity contribution in [2.75, 3.05) is 31.5 Å². The number of hydrogen-bond donors (Lipinski definition) is 2. The summed E-state index contributed by atoms with van der Waals surface area (Å²) in [6.45, 7) is 8.24. The van der Waals surface area contributed by atoms with Gasteiger partial charge in [-0.1, -0.05) is 13.8 Å². The lowest BCUT2D eigenvalue weighted by molar-refractivity contribution is 0.0696. The van der Waals surface area contributed by atoms with Crippen LogP contribution < -0.4 is 5.32 Å². The molecule has 0 aliphatic carbocycles. The largest absolute Gasteiger partial charge is 0.478 e. The Hall–Kier alpha value is -1.62. The maximum absolute atomic E-state index is 10.7. The smallest absolute Gasteiger partial charge is 0.337 e. The van der Waals surface area contributed by atoms with Crippen molar-refractivity contribution >= 4 is 11.8 Å². The molecule has 1 heterocycles. The first-order valence-electron chi connectivity index (χ1n) is 6.33. The van der Waals surface area contributed by atoms with Crippen molar-refractivity contribution in [2.24, 2.45) is 0 Å². The fourth-order valence-corrected chi connectivity index (χ4v) is 1.71. The Kier molecular flexibility index (Phi) is 6.14. The Balaban J connectivity index is 2.37. The van der Waals surface area contributed by atoms with E-state index in [0.717, 1.165) is 32.6 Å². The van der Waals surface area contributed by atoms with Gasteiger partial charge >= 0.3 is 5.97 Å². The zero-order valence-corrected chi connectivity index (χ0v) is 11.0. The SMILES string of the molecule is CCCN(CC)CCNc1ccc(C(=O)O)cn1. The van der Waals surface area contributed by atoms with Gasteiger partial charge in [0, 0.05) is 19.3 Å². The molecule has 0 spiro atoms. The van der Waals surface area contributed by atoms with Gasteiger partial charge in [0.2, 0.25) is 0 Å². The third kappa shape index (κ3) is 4.71. The van der Waals surface area contributed by atoms with Crippen molar-refractivity contribution in [2.45, 2.75) is 20.3 Å². The van der Waals surface area contributed by atoms with E-state index in [4.69, 9.17) is 5.11 Å². The van der Waals surface area contributed by atoms with Crippen LogP contribution in [-0.4, -0.2) is 47.1 Å². The number of aromatic carboxylic acids is 1. The van der Waals surface area contributed by atoms with Crippen LogP contribution in [0, 0.1) is 0 Å². The summed E-state index contributed by atoms with van der Waals surface area (Å²) in [5.74, 6) is -0.235. The molecule has 0 unspecified atom stereocenters. The third-order valence-corrected chi connectivity index (χ3v) is 2.73. The highest BCUT2D eigenvalue weighted by Crippen LogP contribution is 2.04. The van der Waals surface area contributed by atoms with Crippen molar-refractivity contribution in [3.8, 4) is 0 Å². The summed E-state index contributed by atoms with van der Waals surface area (Å²) in [6.07, 6.45) is 2.52. The molecule has 18 heavy (non-hydrogen) atoms. The first-order chi connectivity index (χ1) is 8.67. The minimum Gasteiger partial charge on any atom is -0.478 e. The van der Waals surface area contributed by atoms with Gasteiger partial charge in [-0.15, -0.1) is 0 Å². The molecule has 0 aliphatic rings. The van der Waals surface area contributed by atoms with Gasteiger partial charge in [-0.05, 0) is 31.6 Å². The maximum atomic E-state index is 10.7. The van der Waals surface area contributed by atoms with Crippen molar-refractivity contribution in [1.82, 2.24) is 9.88 Å². The van der Waals surface area contributed by atoms with Gasteiger partial charge in [0.15, 0.2) is 0 Å². The van der Waals surface area contributed by atoms with E-state index in [2.05, 4.69) is 29.0 Å². The number of pyridine rings is 1. The second kappa shape index (κ2) is 7.66. The third-order valence-electron chi connectivity index (χ3n) is 2.73. The van der Waals surface area contributed by atoms with Gasteiger partial charge in [0.25, 0.3) is 0 Å². The molecular formula is C13H21N3O2. The summed E-state index contributed by atoms with van der Waals surface area (Å²) in [5.41, 5.74) is 0.210. The molecule has 1 aromatic heterocycles. The normalized spacial score (nSPS) is 10.6. The van der Waals surface area contributed by atoms with E-state index >= 15 is 0 Å². The molecule has 0 saturated heterocycles. The van der Waals surface area contributed by atoms with Crippen molar-refractivity contribution < 1.29 is 9.90 Å². The standard InChI is InChI=1S/C13H21N3O2/c1-3-8-16(4-2)9-7-14-12-6-5-11(10-15-12)13(17)18/h5-6,10H,3-4,7-9H2,1-2H3,(H,14,15)(H,17,18). The number of nitrogens with one attached hydrogen (secondary N) is 1.